The summed E-state index contributed by atoms with van der Waals surface area (Å²) in [5.74, 6) is 0.128. The number of carbonyl (C=O) groups excluding carboxylic acids is 1. The lowest BCUT2D eigenvalue weighted by Gasteiger charge is -2.10. The molecule has 0 aliphatic rings. The molecule has 2 aromatic rings. The molecule has 0 saturated carbocycles. The molecule has 0 amide bonds. The van der Waals surface area contributed by atoms with Crippen LogP contribution in [-0.2, 0) is 6.42 Å². The lowest BCUT2D eigenvalue weighted by molar-refractivity contribution is 0.103. The van der Waals surface area contributed by atoms with Gasteiger partial charge in [-0.2, -0.15) is 0 Å². The topological polar surface area (TPSA) is 66.8 Å². The zero-order valence-corrected chi connectivity index (χ0v) is 12.9. The molecule has 2 rings (SSSR count). The van der Waals surface area contributed by atoms with Crippen LogP contribution in [0.25, 0.3) is 0 Å². The number of phenols is 1. The molecule has 0 radical (unpaired) electrons. The summed E-state index contributed by atoms with van der Waals surface area (Å²) < 4.78 is 5.33. The second kappa shape index (κ2) is 7.29. The highest BCUT2D eigenvalue weighted by molar-refractivity contribution is 6.35. The molecule has 0 unspecified atom stereocenters. The van der Waals surface area contributed by atoms with Gasteiger partial charge in [-0.1, -0.05) is 11.6 Å². The maximum absolute atomic E-state index is 12.5. The third kappa shape index (κ3) is 3.59. The highest BCUT2D eigenvalue weighted by Gasteiger charge is 2.18. The summed E-state index contributed by atoms with van der Waals surface area (Å²) in [6.45, 7) is 2.37. The van der Waals surface area contributed by atoms with Gasteiger partial charge in [0.05, 0.1) is 17.2 Å². The molecule has 5 heteroatoms. The summed E-state index contributed by atoms with van der Waals surface area (Å²) in [5, 5.41) is 19.2. The Labute approximate surface area is 133 Å². The molecule has 0 aliphatic carbocycles. The van der Waals surface area contributed by atoms with Crippen LogP contribution in [0.2, 0.25) is 5.02 Å². The van der Waals surface area contributed by atoms with Crippen molar-refractivity contribution in [3.8, 4) is 11.5 Å². The van der Waals surface area contributed by atoms with E-state index in [9.17, 15) is 9.90 Å². The molecule has 2 N–H and O–H groups in total. The number of halogens is 1. The lowest BCUT2D eigenvalue weighted by Crippen LogP contribution is -2.04. The Hall–Kier alpha value is -2.04. The fraction of sp³-hybridized carbons (Fsp3) is 0.235. The van der Waals surface area contributed by atoms with Crippen LogP contribution in [0.15, 0.2) is 36.4 Å². The van der Waals surface area contributed by atoms with Gasteiger partial charge >= 0.3 is 0 Å². The highest BCUT2D eigenvalue weighted by Crippen LogP contribution is 2.30. The fourth-order valence-electron chi connectivity index (χ4n) is 2.16. The van der Waals surface area contributed by atoms with Gasteiger partial charge in [-0.15, -0.1) is 0 Å². The van der Waals surface area contributed by atoms with E-state index in [-0.39, 0.29) is 28.7 Å². The van der Waals surface area contributed by atoms with Crippen LogP contribution in [0.4, 0.5) is 0 Å². The molecule has 116 valence electrons. The van der Waals surface area contributed by atoms with Crippen molar-refractivity contribution < 1.29 is 19.7 Å². The molecule has 0 aromatic heterocycles. The van der Waals surface area contributed by atoms with Gasteiger partial charge in [0, 0.05) is 12.2 Å². The molecular weight excluding hydrogens is 304 g/mol. The van der Waals surface area contributed by atoms with Gasteiger partial charge in [-0.3, -0.25) is 4.79 Å². The Balaban J connectivity index is 2.32. The maximum atomic E-state index is 12.5. The van der Waals surface area contributed by atoms with Gasteiger partial charge in [0.1, 0.15) is 11.5 Å². The molecule has 0 bridgehead atoms. The van der Waals surface area contributed by atoms with Gasteiger partial charge in [0.25, 0.3) is 0 Å². The Morgan fingerprint density at radius 2 is 1.91 bits per heavy atom. The van der Waals surface area contributed by atoms with Crippen molar-refractivity contribution in [1.29, 1.82) is 0 Å². The molecule has 0 fully saturated rings. The van der Waals surface area contributed by atoms with Gasteiger partial charge in [-0.25, -0.2) is 0 Å². The zero-order valence-electron chi connectivity index (χ0n) is 12.2. The first-order valence-corrected chi connectivity index (χ1v) is 7.34. The molecule has 0 heterocycles. The molecule has 0 aliphatic heterocycles. The second-order valence-corrected chi connectivity index (χ2v) is 5.14. The summed E-state index contributed by atoms with van der Waals surface area (Å²) in [4.78, 5) is 12.5. The van der Waals surface area contributed by atoms with E-state index in [0.29, 0.717) is 29.9 Å². The number of aromatic hydroxyl groups is 1. The third-order valence-corrected chi connectivity index (χ3v) is 3.48. The van der Waals surface area contributed by atoms with Crippen molar-refractivity contribution in [2.75, 3.05) is 13.2 Å². The van der Waals surface area contributed by atoms with Crippen LogP contribution in [0, 0.1) is 0 Å². The van der Waals surface area contributed by atoms with Crippen molar-refractivity contribution in [3.63, 3.8) is 0 Å². The van der Waals surface area contributed by atoms with Gasteiger partial charge in [-0.05, 0) is 55.3 Å². The Morgan fingerprint density at radius 1 is 1.23 bits per heavy atom. The van der Waals surface area contributed by atoms with E-state index < -0.39 is 0 Å². The fourth-order valence-corrected chi connectivity index (χ4v) is 2.48. The number of phenolic OH excluding ortho intramolecular Hbond substituents is 1. The molecule has 0 atom stereocenters. The molecule has 22 heavy (non-hydrogen) atoms. The highest BCUT2D eigenvalue weighted by atomic mass is 35.5. The van der Waals surface area contributed by atoms with E-state index in [2.05, 4.69) is 0 Å². The number of ketones is 1. The average molecular weight is 321 g/mol. The number of aliphatic hydroxyl groups is 1. The van der Waals surface area contributed by atoms with E-state index in [1.165, 1.54) is 6.07 Å². The molecule has 0 spiro atoms. The van der Waals surface area contributed by atoms with Crippen LogP contribution < -0.4 is 4.74 Å². The summed E-state index contributed by atoms with van der Waals surface area (Å²) in [7, 11) is 0. The van der Waals surface area contributed by atoms with Crippen molar-refractivity contribution in [1.82, 2.24) is 0 Å². The van der Waals surface area contributed by atoms with Crippen LogP contribution in [0.5, 0.6) is 11.5 Å². The molecule has 2 aromatic carbocycles. The first-order valence-electron chi connectivity index (χ1n) is 6.96. The van der Waals surface area contributed by atoms with Crippen LogP contribution in [-0.4, -0.2) is 29.2 Å². The van der Waals surface area contributed by atoms with Gasteiger partial charge in [0.2, 0.25) is 0 Å². The maximum Gasteiger partial charge on any atom is 0.198 e. The quantitative estimate of drug-likeness (QED) is 0.802. The van der Waals surface area contributed by atoms with Crippen molar-refractivity contribution in [2.24, 2.45) is 0 Å². The number of hydrogen-bond donors (Lipinski definition) is 2. The van der Waals surface area contributed by atoms with E-state index in [1.807, 2.05) is 6.92 Å². The SMILES string of the molecule is CCOc1ccc(C(=O)c2c(O)cc(CCO)cc2Cl)cc1. The number of ether oxygens (including phenoxy) is 1. The molecule has 4 nitrogen and oxygen atoms in total. The number of rotatable bonds is 6. The number of aliphatic hydroxyl groups excluding tert-OH is 1. The number of carbonyl (C=O) groups is 1. The minimum absolute atomic E-state index is 0.0536. The molecular formula is C17H17ClO4. The largest absolute Gasteiger partial charge is 0.507 e. The normalized spacial score (nSPS) is 10.5. The first-order chi connectivity index (χ1) is 10.6. The van der Waals surface area contributed by atoms with Crippen molar-refractivity contribution >= 4 is 17.4 Å². The van der Waals surface area contributed by atoms with Crippen LogP contribution in [0.1, 0.15) is 28.4 Å². The van der Waals surface area contributed by atoms with Gasteiger partial charge in [0.15, 0.2) is 5.78 Å². The summed E-state index contributed by atoms with van der Waals surface area (Å²) in [6, 6.07) is 9.68. The summed E-state index contributed by atoms with van der Waals surface area (Å²) in [6.07, 6.45) is 0.366. The van der Waals surface area contributed by atoms with E-state index in [4.69, 9.17) is 21.4 Å². The molecule has 0 saturated heterocycles. The standard InChI is InChI=1S/C17H17ClO4/c1-2-22-13-5-3-12(4-6-13)17(21)16-14(18)9-11(7-8-19)10-15(16)20/h3-6,9-10,19-20H,2,7-8H2,1H3. The average Bonchev–Trinajstić information content (AvgIpc) is 2.48. The Bertz CT molecular complexity index is 642. The third-order valence-electron chi connectivity index (χ3n) is 3.18. The first kappa shape index (κ1) is 16.3. The van der Waals surface area contributed by atoms with Gasteiger partial charge < -0.3 is 14.9 Å². The van der Waals surface area contributed by atoms with E-state index >= 15 is 0 Å². The van der Waals surface area contributed by atoms with Crippen molar-refractivity contribution in [3.05, 3.63) is 58.1 Å². The van der Waals surface area contributed by atoms with Crippen molar-refractivity contribution in [2.45, 2.75) is 13.3 Å². The lowest BCUT2D eigenvalue weighted by atomic mass is 10.00. The predicted octanol–water partition coefficient (Wildman–Crippen LogP) is 3.21. The number of benzene rings is 2. The van der Waals surface area contributed by atoms with Crippen LogP contribution in [0.3, 0.4) is 0 Å². The monoisotopic (exact) mass is 320 g/mol. The Kier molecular flexibility index (Phi) is 5.41. The number of hydrogen-bond acceptors (Lipinski definition) is 4. The Morgan fingerprint density at radius 3 is 2.45 bits per heavy atom. The smallest absolute Gasteiger partial charge is 0.198 e. The van der Waals surface area contributed by atoms with E-state index in [1.54, 1.807) is 30.3 Å². The van der Waals surface area contributed by atoms with E-state index in [0.717, 1.165) is 0 Å². The second-order valence-electron chi connectivity index (χ2n) is 4.73. The summed E-state index contributed by atoms with van der Waals surface area (Å²) >= 11 is 6.11. The minimum atomic E-state index is -0.360. The van der Waals surface area contributed by atoms with Crippen LogP contribution >= 0.6 is 11.6 Å². The zero-order chi connectivity index (χ0) is 16.1. The summed E-state index contributed by atoms with van der Waals surface area (Å²) in [5.41, 5.74) is 1.15. The predicted molar refractivity (Wildman–Crippen MR) is 85.0 cm³/mol. The minimum Gasteiger partial charge on any atom is -0.507 e.